The van der Waals surface area contributed by atoms with Crippen LogP contribution in [0.15, 0.2) is 114 Å². The number of aromatic nitrogens is 1. The number of carbonyl (C=O) groups excluding carboxylic acids is 3. The fraction of sp³-hybridized carbons (Fsp3) is 0.118. The summed E-state index contributed by atoms with van der Waals surface area (Å²) in [6.45, 7) is 0. The number of furan rings is 1. The van der Waals surface area contributed by atoms with Crippen LogP contribution < -0.4 is 4.90 Å². The number of benzene rings is 3. The maximum absolute atomic E-state index is 14.6. The van der Waals surface area contributed by atoms with E-state index in [1.165, 1.54) is 6.26 Å². The Bertz CT molecular complexity index is 1860. The summed E-state index contributed by atoms with van der Waals surface area (Å²) >= 11 is 0. The number of anilines is 1. The van der Waals surface area contributed by atoms with Gasteiger partial charge in [0.1, 0.15) is 17.2 Å². The van der Waals surface area contributed by atoms with Gasteiger partial charge in [0.2, 0.25) is 0 Å². The Labute approximate surface area is 229 Å². The molecule has 0 unspecified atom stereocenters. The van der Waals surface area contributed by atoms with Crippen LogP contribution in [0.25, 0.3) is 17.0 Å². The number of ketones is 3. The molecule has 1 saturated heterocycles. The van der Waals surface area contributed by atoms with E-state index in [4.69, 9.17) is 9.40 Å². The normalized spacial score (nSPS) is 22.0. The molecule has 0 N–H and O–H groups in total. The van der Waals surface area contributed by atoms with Crippen LogP contribution in [0.2, 0.25) is 0 Å². The molecule has 6 heteroatoms. The number of pyridine rings is 1. The summed E-state index contributed by atoms with van der Waals surface area (Å²) in [5, 5.41) is 0.907. The molecule has 2 aromatic heterocycles. The molecule has 1 fully saturated rings. The number of fused-ring (bicyclic) bond motifs is 7. The van der Waals surface area contributed by atoms with Gasteiger partial charge in [0.15, 0.2) is 17.3 Å². The number of rotatable bonds is 3. The standard InChI is InChI=1S/C34H22N2O4/c37-31(22-8-2-1-3-9-22)30-27(25-13-7-19-40-25)34(32(38)23-11-4-5-12-24(23)33(34)39)26-17-16-21-15-14-20-10-6-18-35-28(20)29(21)36(26)30/h1-19,26-27,30H/t26-,27-,30+/m0/s1. The van der Waals surface area contributed by atoms with E-state index in [1.54, 1.807) is 54.7 Å². The maximum Gasteiger partial charge on any atom is 0.186 e. The van der Waals surface area contributed by atoms with E-state index in [0.717, 1.165) is 16.6 Å². The molecule has 1 spiro atoms. The first kappa shape index (κ1) is 22.8. The van der Waals surface area contributed by atoms with E-state index in [9.17, 15) is 14.4 Å². The van der Waals surface area contributed by atoms with Crippen molar-refractivity contribution in [1.82, 2.24) is 4.98 Å². The van der Waals surface area contributed by atoms with E-state index in [0.29, 0.717) is 28.0 Å². The third-order valence-corrected chi connectivity index (χ3v) is 8.71. The number of Topliss-reactive ketones (excluding diaryl/α,β-unsaturated/α-hetero) is 3. The van der Waals surface area contributed by atoms with E-state index in [1.807, 2.05) is 59.5 Å². The van der Waals surface area contributed by atoms with Crippen LogP contribution in [0.3, 0.4) is 0 Å². The quantitative estimate of drug-likeness (QED) is 0.209. The number of nitrogens with zero attached hydrogens (tertiary/aromatic N) is 2. The second kappa shape index (κ2) is 8.20. The fourth-order valence-corrected chi connectivity index (χ4v) is 7.13. The topological polar surface area (TPSA) is 80.5 Å². The highest BCUT2D eigenvalue weighted by Gasteiger charge is 2.72. The second-order valence-electron chi connectivity index (χ2n) is 10.5. The van der Waals surface area contributed by atoms with Crippen molar-refractivity contribution in [3.8, 4) is 0 Å². The van der Waals surface area contributed by atoms with Crippen LogP contribution >= 0.6 is 0 Å². The summed E-state index contributed by atoms with van der Waals surface area (Å²) in [4.78, 5) is 50.6. The van der Waals surface area contributed by atoms with Gasteiger partial charge >= 0.3 is 0 Å². The van der Waals surface area contributed by atoms with Crippen LogP contribution in [-0.4, -0.2) is 34.4 Å². The fourth-order valence-electron chi connectivity index (χ4n) is 7.13. The average Bonchev–Trinajstić information content (AvgIpc) is 3.70. The molecule has 3 aliphatic rings. The molecule has 3 aromatic carbocycles. The lowest BCUT2D eigenvalue weighted by atomic mass is 9.65. The lowest BCUT2D eigenvalue weighted by Gasteiger charge is -2.37. The van der Waals surface area contributed by atoms with Gasteiger partial charge in [-0.05, 0) is 23.8 Å². The van der Waals surface area contributed by atoms with Crippen molar-refractivity contribution in [2.75, 3.05) is 4.90 Å². The van der Waals surface area contributed by atoms with Gasteiger partial charge in [-0.1, -0.05) is 84.9 Å². The molecule has 0 radical (unpaired) electrons. The predicted molar refractivity (Wildman–Crippen MR) is 151 cm³/mol. The molecule has 2 aliphatic heterocycles. The molecule has 0 saturated carbocycles. The lowest BCUT2D eigenvalue weighted by Crippen LogP contribution is -2.48. The Hall–Kier alpha value is -5.10. The van der Waals surface area contributed by atoms with Gasteiger partial charge in [-0.3, -0.25) is 19.4 Å². The second-order valence-corrected chi connectivity index (χ2v) is 10.5. The molecule has 5 aromatic rings. The zero-order valence-electron chi connectivity index (χ0n) is 21.2. The zero-order valence-corrected chi connectivity index (χ0v) is 21.2. The molecule has 40 heavy (non-hydrogen) atoms. The number of hydrogen-bond donors (Lipinski definition) is 0. The van der Waals surface area contributed by atoms with Crippen molar-refractivity contribution < 1.29 is 18.8 Å². The van der Waals surface area contributed by atoms with E-state index in [-0.39, 0.29) is 17.3 Å². The first-order chi connectivity index (χ1) is 19.6. The molecule has 8 rings (SSSR count). The van der Waals surface area contributed by atoms with Crippen molar-refractivity contribution in [3.63, 3.8) is 0 Å². The summed E-state index contributed by atoms with van der Waals surface area (Å²) < 4.78 is 5.97. The maximum atomic E-state index is 14.6. The number of carbonyl (C=O) groups is 3. The number of hydrogen-bond acceptors (Lipinski definition) is 6. The third kappa shape index (κ3) is 2.77. The summed E-state index contributed by atoms with van der Waals surface area (Å²) in [7, 11) is 0. The van der Waals surface area contributed by atoms with Crippen molar-refractivity contribution in [2.45, 2.75) is 18.0 Å². The van der Waals surface area contributed by atoms with Crippen LogP contribution in [0.5, 0.6) is 0 Å². The monoisotopic (exact) mass is 522 g/mol. The van der Waals surface area contributed by atoms with E-state index in [2.05, 4.69) is 0 Å². The Morgan fingerprint density at radius 1 is 0.825 bits per heavy atom. The Balaban J connectivity index is 1.48. The molecule has 192 valence electrons. The Kier molecular flexibility index (Phi) is 4.68. The SMILES string of the molecule is O=C(c1ccccc1)[C@H]1[C@H](c2ccco2)C2(C(=O)c3ccccc3C2=O)[C@@H]2C=Cc3ccc4cccnc4c3N21. The average molecular weight is 523 g/mol. The van der Waals surface area contributed by atoms with Gasteiger partial charge < -0.3 is 9.32 Å². The molecule has 1 aliphatic carbocycles. The van der Waals surface area contributed by atoms with Crippen molar-refractivity contribution in [1.29, 1.82) is 0 Å². The minimum Gasteiger partial charge on any atom is -0.469 e. The van der Waals surface area contributed by atoms with Crippen molar-refractivity contribution in [3.05, 3.63) is 138 Å². The predicted octanol–water partition coefficient (Wildman–Crippen LogP) is 6.14. The van der Waals surface area contributed by atoms with E-state index >= 15 is 0 Å². The first-order valence-electron chi connectivity index (χ1n) is 13.3. The van der Waals surface area contributed by atoms with Crippen LogP contribution in [-0.2, 0) is 0 Å². The van der Waals surface area contributed by atoms with Crippen molar-refractivity contribution >= 4 is 40.0 Å². The third-order valence-electron chi connectivity index (χ3n) is 8.71. The minimum absolute atomic E-state index is 0.186. The van der Waals surface area contributed by atoms with Gasteiger partial charge in [0.25, 0.3) is 0 Å². The van der Waals surface area contributed by atoms with Crippen LogP contribution in [0, 0.1) is 5.41 Å². The molecule has 0 amide bonds. The summed E-state index contributed by atoms with van der Waals surface area (Å²) in [6.07, 6.45) is 7.11. The molecular formula is C34H22N2O4. The highest BCUT2D eigenvalue weighted by Crippen LogP contribution is 2.61. The van der Waals surface area contributed by atoms with Crippen molar-refractivity contribution in [2.24, 2.45) is 5.41 Å². The largest absolute Gasteiger partial charge is 0.469 e. The summed E-state index contributed by atoms with van der Waals surface area (Å²) in [6, 6.07) is 25.7. The molecule has 6 nitrogen and oxygen atoms in total. The van der Waals surface area contributed by atoms with Gasteiger partial charge in [-0.25, -0.2) is 0 Å². The highest BCUT2D eigenvalue weighted by molar-refractivity contribution is 6.32. The van der Waals surface area contributed by atoms with Gasteiger partial charge in [0.05, 0.1) is 29.4 Å². The summed E-state index contributed by atoms with van der Waals surface area (Å²) in [5.41, 5.74) is 2.00. The van der Waals surface area contributed by atoms with E-state index < -0.39 is 23.4 Å². The highest BCUT2D eigenvalue weighted by atomic mass is 16.3. The Morgan fingerprint density at radius 3 is 2.30 bits per heavy atom. The molecule has 4 heterocycles. The smallest absolute Gasteiger partial charge is 0.186 e. The van der Waals surface area contributed by atoms with Gasteiger partial charge in [-0.15, -0.1) is 0 Å². The molecule has 3 atom stereocenters. The van der Waals surface area contributed by atoms with Gasteiger partial charge in [-0.2, -0.15) is 0 Å². The van der Waals surface area contributed by atoms with Gasteiger partial charge in [0, 0.05) is 28.3 Å². The minimum atomic E-state index is -1.60. The molecule has 0 bridgehead atoms. The first-order valence-corrected chi connectivity index (χ1v) is 13.3. The van der Waals surface area contributed by atoms with Crippen LogP contribution in [0.1, 0.15) is 48.3 Å². The Morgan fingerprint density at radius 2 is 1.57 bits per heavy atom. The van der Waals surface area contributed by atoms with Crippen LogP contribution in [0.4, 0.5) is 5.69 Å². The summed E-state index contributed by atoms with van der Waals surface area (Å²) in [5.74, 6) is -1.19. The zero-order chi connectivity index (χ0) is 27.0. The molecular weight excluding hydrogens is 500 g/mol. The lowest BCUT2D eigenvalue weighted by molar-refractivity contribution is 0.0652.